The van der Waals surface area contributed by atoms with E-state index in [1.807, 2.05) is 13.1 Å². The highest BCUT2D eigenvalue weighted by molar-refractivity contribution is 5.54. The molecule has 0 radical (unpaired) electrons. The lowest BCUT2D eigenvalue weighted by molar-refractivity contribution is 0.366. The minimum Gasteiger partial charge on any atom is -0.491 e. The van der Waals surface area contributed by atoms with Crippen molar-refractivity contribution >= 4 is 5.82 Å². The van der Waals surface area contributed by atoms with Gasteiger partial charge in [-0.15, -0.1) is 0 Å². The molecule has 2 aromatic heterocycles. The van der Waals surface area contributed by atoms with Crippen LogP contribution in [0.4, 0.5) is 5.82 Å². The van der Waals surface area contributed by atoms with Gasteiger partial charge in [0.15, 0.2) is 11.6 Å². The van der Waals surface area contributed by atoms with Crippen LogP contribution < -0.4 is 9.64 Å². The molecule has 0 spiro atoms. The molecule has 1 atom stereocenters. The van der Waals surface area contributed by atoms with Gasteiger partial charge >= 0.3 is 0 Å². The number of hydrogen-bond donors (Lipinski definition) is 0. The third kappa shape index (κ3) is 2.70. The van der Waals surface area contributed by atoms with Crippen molar-refractivity contribution in [2.45, 2.75) is 32.7 Å². The zero-order valence-corrected chi connectivity index (χ0v) is 12.8. The predicted molar refractivity (Wildman–Crippen MR) is 80.8 cm³/mol. The zero-order chi connectivity index (χ0) is 14.8. The van der Waals surface area contributed by atoms with Crippen LogP contribution in [0.15, 0.2) is 18.7 Å². The summed E-state index contributed by atoms with van der Waals surface area (Å²) in [6, 6.07) is 0.382. The van der Waals surface area contributed by atoms with Crippen LogP contribution in [0.5, 0.6) is 5.75 Å². The normalized spacial score (nSPS) is 18.8. The van der Waals surface area contributed by atoms with Gasteiger partial charge in [-0.3, -0.25) is 4.68 Å². The van der Waals surface area contributed by atoms with Crippen LogP contribution in [0.3, 0.4) is 0 Å². The maximum absolute atomic E-state index is 5.49. The second kappa shape index (κ2) is 5.71. The van der Waals surface area contributed by atoms with Crippen LogP contribution in [0, 0.1) is 13.8 Å². The third-order valence-corrected chi connectivity index (χ3v) is 3.97. The van der Waals surface area contributed by atoms with Gasteiger partial charge in [0.2, 0.25) is 0 Å². The summed E-state index contributed by atoms with van der Waals surface area (Å²) in [5.41, 5.74) is 2.07. The summed E-state index contributed by atoms with van der Waals surface area (Å²) in [4.78, 5) is 10.9. The van der Waals surface area contributed by atoms with Gasteiger partial charge in [0.05, 0.1) is 25.0 Å². The highest BCUT2D eigenvalue weighted by Gasteiger charge is 2.25. The number of ether oxygens (including phenoxy) is 1. The molecule has 6 heteroatoms. The maximum Gasteiger partial charge on any atom is 0.182 e. The summed E-state index contributed by atoms with van der Waals surface area (Å²) in [5, 5.41) is 4.45. The SMILES string of the molecule is COc1c(C)ncnc1N1CCCC(n2cc(C)cn2)C1. The van der Waals surface area contributed by atoms with Crippen LogP contribution in [-0.2, 0) is 0 Å². The summed E-state index contributed by atoms with van der Waals surface area (Å²) in [6.07, 6.45) is 7.89. The summed E-state index contributed by atoms with van der Waals surface area (Å²) in [7, 11) is 1.67. The minimum atomic E-state index is 0.382. The Morgan fingerprint density at radius 3 is 2.86 bits per heavy atom. The van der Waals surface area contributed by atoms with Crippen molar-refractivity contribution in [1.82, 2.24) is 19.7 Å². The number of aromatic nitrogens is 4. The van der Waals surface area contributed by atoms with Crippen LogP contribution in [0.1, 0.15) is 30.1 Å². The van der Waals surface area contributed by atoms with E-state index in [0.717, 1.165) is 43.2 Å². The fourth-order valence-electron chi connectivity index (χ4n) is 2.91. The van der Waals surface area contributed by atoms with E-state index in [1.165, 1.54) is 5.56 Å². The van der Waals surface area contributed by atoms with E-state index in [1.54, 1.807) is 13.4 Å². The van der Waals surface area contributed by atoms with Gasteiger partial charge < -0.3 is 9.64 Å². The molecule has 3 rings (SSSR count). The highest BCUT2D eigenvalue weighted by Crippen LogP contribution is 2.32. The molecule has 21 heavy (non-hydrogen) atoms. The van der Waals surface area contributed by atoms with Crippen LogP contribution >= 0.6 is 0 Å². The van der Waals surface area contributed by atoms with E-state index in [4.69, 9.17) is 4.74 Å². The second-order valence-corrected chi connectivity index (χ2v) is 5.56. The fraction of sp³-hybridized carbons (Fsp3) is 0.533. The maximum atomic E-state index is 5.49. The fourth-order valence-corrected chi connectivity index (χ4v) is 2.91. The number of rotatable bonds is 3. The lowest BCUT2D eigenvalue weighted by Gasteiger charge is -2.34. The average molecular weight is 287 g/mol. The number of hydrogen-bond acceptors (Lipinski definition) is 5. The molecule has 6 nitrogen and oxygen atoms in total. The predicted octanol–water partition coefficient (Wildman–Crippen LogP) is 2.14. The van der Waals surface area contributed by atoms with Gasteiger partial charge in [0.1, 0.15) is 6.33 Å². The van der Waals surface area contributed by atoms with Gasteiger partial charge in [-0.05, 0) is 32.3 Å². The van der Waals surface area contributed by atoms with E-state index in [0.29, 0.717) is 6.04 Å². The van der Waals surface area contributed by atoms with E-state index in [9.17, 15) is 0 Å². The summed E-state index contributed by atoms with van der Waals surface area (Å²) < 4.78 is 7.56. The summed E-state index contributed by atoms with van der Waals surface area (Å²) in [5.74, 6) is 1.66. The lowest BCUT2D eigenvalue weighted by atomic mass is 10.1. The third-order valence-electron chi connectivity index (χ3n) is 3.97. The lowest BCUT2D eigenvalue weighted by Crippen LogP contribution is -2.37. The molecule has 0 saturated carbocycles. The molecule has 112 valence electrons. The van der Waals surface area contributed by atoms with Crippen LogP contribution in [0.25, 0.3) is 0 Å². The van der Waals surface area contributed by atoms with Gasteiger partial charge in [-0.1, -0.05) is 0 Å². The molecule has 0 N–H and O–H groups in total. The molecule has 0 aromatic carbocycles. The Morgan fingerprint density at radius 1 is 1.29 bits per heavy atom. The Bertz CT molecular complexity index is 624. The first-order valence-corrected chi connectivity index (χ1v) is 7.30. The Kier molecular flexibility index (Phi) is 3.77. The molecule has 2 aromatic rings. The van der Waals surface area contributed by atoms with E-state index >= 15 is 0 Å². The van der Waals surface area contributed by atoms with Crippen molar-refractivity contribution in [2.24, 2.45) is 0 Å². The number of methoxy groups -OCH3 is 1. The average Bonchev–Trinajstić information content (AvgIpc) is 2.94. The first-order valence-electron chi connectivity index (χ1n) is 7.30. The molecular formula is C15H21N5O. The van der Waals surface area contributed by atoms with E-state index in [-0.39, 0.29) is 0 Å². The Hall–Kier alpha value is -2.11. The number of nitrogens with zero attached hydrogens (tertiary/aromatic N) is 5. The zero-order valence-electron chi connectivity index (χ0n) is 12.8. The van der Waals surface area contributed by atoms with Crippen molar-refractivity contribution in [3.8, 4) is 5.75 Å². The first-order chi connectivity index (χ1) is 10.2. The van der Waals surface area contributed by atoms with Crippen molar-refractivity contribution in [3.05, 3.63) is 30.0 Å². The Balaban J connectivity index is 1.85. The van der Waals surface area contributed by atoms with Crippen molar-refractivity contribution in [2.75, 3.05) is 25.1 Å². The molecule has 1 unspecified atom stereocenters. The molecule has 1 aliphatic heterocycles. The highest BCUT2D eigenvalue weighted by atomic mass is 16.5. The second-order valence-electron chi connectivity index (χ2n) is 5.56. The van der Waals surface area contributed by atoms with E-state index < -0.39 is 0 Å². The van der Waals surface area contributed by atoms with Crippen molar-refractivity contribution < 1.29 is 4.74 Å². The molecule has 3 heterocycles. The smallest absolute Gasteiger partial charge is 0.182 e. The van der Waals surface area contributed by atoms with Gasteiger partial charge in [-0.25, -0.2) is 9.97 Å². The molecule has 1 saturated heterocycles. The largest absolute Gasteiger partial charge is 0.491 e. The molecular weight excluding hydrogens is 266 g/mol. The minimum absolute atomic E-state index is 0.382. The summed E-state index contributed by atoms with van der Waals surface area (Å²) >= 11 is 0. The van der Waals surface area contributed by atoms with Gasteiger partial charge in [0, 0.05) is 19.3 Å². The molecule has 1 aliphatic rings. The topological polar surface area (TPSA) is 56.1 Å². The van der Waals surface area contributed by atoms with Gasteiger partial charge in [-0.2, -0.15) is 5.10 Å². The standard InChI is InChI=1S/C15H21N5O/c1-11-7-18-20(8-11)13-5-4-6-19(9-13)15-14(21-3)12(2)16-10-17-15/h7-8,10,13H,4-6,9H2,1-3H3. The van der Waals surface area contributed by atoms with Crippen molar-refractivity contribution in [3.63, 3.8) is 0 Å². The molecule has 0 bridgehead atoms. The number of aryl methyl sites for hydroxylation is 2. The first kappa shape index (κ1) is 13.9. The number of anilines is 1. The Morgan fingerprint density at radius 2 is 2.14 bits per heavy atom. The van der Waals surface area contributed by atoms with E-state index in [2.05, 4.69) is 37.8 Å². The van der Waals surface area contributed by atoms with Crippen LogP contribution in [0.2, 0.25) is 0 Å². The Labute approximate surface area is 124 Å². The summed E-state index contributed by atoms with van der Waals surface area (Å²) in [6.45, 7) is 5.90. The van der Waals surface area contributed by atoms with Gasteiger partial charge in [0.25, 0.3) is 0 Å². The monoisotopic (exact) mass is 287 g/mol. The number of piperidine rings is 1. The van der Waals surface area contributed by atoms with Crippen molar-refractivity contribution in [1.29, 1.82) is 0 Å². The molecule has 0 amide bonds. The molecule has 0 aliphatic carbocycles. The molecule has 1 fully saturated rings. The quantitative estimate of drug-likeness (QED) is 0.865. The van der Waals surface area contributed by atoms with Crippen LogP contribution in [-0.4, -0.2) is 39.9 Å².